The fourth-order valence-electron chi connectivity index (χ4n) is 2.76. The number of benzene rings is 1. The van der Waals surface area contributed by atoms with Crippen molar-refractivity contribution >= 4 is 23.5 Å². The molecule has 130 valence electrons. The number of hydrogen-bond acceptors (Lipinski definition) is 4. The van der Waals surface area contributed by atoms with E-state index in [0.29, 0.717) is 31.6 Å². The highest BCUT2D eigenvalue weighted by Crippen LogP contribution is 2.31. The van der Waals surface area contributed by atoms with Gasteiger partial charge in [-0.3, -0.25) is 14.4 Å². The topological polar surface area (TPSA) is 105 Å². The van der Waals surface area contributed by atoms with Crippen LogP contribution < -0.4 is 15.4 Å². The smallest absolute Gasteiger partial charge is 0.306 e. The third kappa shape index (κ3) is 4.97. The number of carbonyl (C=O) groups excluding carboxylic acids is 2. The number of nitrogens with one attached hydrogen (secondary N) is 2. The number of amides is 2. The van der Waals surface area contributed by atoms with E-state index in [1.807, 2.05) is 6.92 Å². The first-order valence-corrected chi connectivity index (χ1v) is 8.02. The first-order valence-electron chi connectivity index (χ1n) is 8.02. The highest BCUT2D eigenvalue weighted by molar-refractivity contribution is 5.95. The zero-order valence-electron chi connectivity index (χ0n) is 13.6. The first-order chi connectivity index (χ1) is 11.5. The van der Waals surface area contributed by atoms with E-state index in [4.69, 9.17) is 9.84 Å². The monoisotopic (exact) mass is 334 g/mol. The lowest BCUT2D eigenvalue weighted by Gasteiger charge is -2.11. The van der Waals surface area contributed by atoms with Crippen LogP contribution >= 0.6 is 0 Å². The van der Waals surface area contributed by atoms with Crippen LogP contribution in [0.5, 0.6) is 5.75 Å². The van der Waals surface area contributed by atoms with E-state index in [1.54, 1.807) is 24.3 Å². The van der Waals surface area contributed by atoms with Crippen molar-refractivity contribution in [1.29, 1.82) is 0 Å². The van der Waals surface area contributed by atoms with Crippen LogP contribution in [-0.2, 0) is 14.4 Å². The molecule has 1 aromatic rings. The lowest BCUT2D eigenvalue weighted by atomic mass is 10.0. The van der Waals surface area contributed by atoms with Crippen LogP contribution in [0.4, 0.5) is 5.69 Å². The van der Waals surface area contributed by atoms with Gasteiger partial charge in [-0.2, -0.15) is 0 Å². The van der Waals surface area contributed by atoms with Crippen molar-refractivity contribution in [2.75, 3.05) is 18.5 Å². The standard InChI is InChI=1S/C17H22N2O5/c1-2-24-14-7-5-13(6-8-14)19-15(20)10-18-16(21)11-3-4-12(9-11)17(22)23/h5-8,11-12H,2-4,9-10H2,1H3,(H,18,21)(H,19,20)(H,22,23)/t11-,12+/m1/s1. The van der Waals surface area contributed by atoms with Crippen LogP contribution in [0.25, 0.3) is 0 Å². The quantitative estimate of drug-likeness (QED) is 0.703. The molecule has 1 aromatic carbocycles. The van der Waals surface area contributed by atoms with Crippen molar-refractivity contribution in [2.45, 2.75) is 26.2 Å². The maximum atomic E-state index is 12.0. The van der Waals surface area contributed by atoms with Gasteiger partial charge in [0.15, 0.2) is 0 Å². The average molecular weight is 334 g/mol. The summed E-state index contributed by atoms with van der Waals surface area (Å²) in [4.78, 5) is 34.7. The second kappa shape index (κ2) is 8.33. The lowest BCUT2D eigenvalue weighted by molar-refractivity contribution is -0.141. The van der Waals surface area contributed by atoms with Gasteiger partial charge in [0.25, 0.3) is 0 Å². The molecule has 0 heterocycles. The van der Waals surface area contributed by atoms with E-state index in [9.17, 15) is 14.4 Å². The number of anilines is 1. The van der Waals surface area contributed by atoms with Crippen molar-refractivity contribution in [1.82, 2.24) is 5.32 Å². The van der Waals surface area contributed by atoms with Gasteiger partial charge in [0.1, 0.15) is 5.75 Å². The largest absolute Gasteiger partial charge is 0.494 e. The molecule has 0 bridgehead atoms. The normalized spacial score (nSPS) is 19.5. The number of carbonyl (C=O) groups is 3. The van der Waals surface area contributed by atoms with Crippen molar-refractivity contribution < 1.29 is 24.2 Å². The van der Waals surface area contributed by atoms with E-state index in [-0.39, 0.29) is 24.3 Å². The van der Waals surface area contributed by atoms with E-state index >= 15 is 0 Å². The maximum absolute atomic E-state index is 12.0. The molecule has 2 atom stereocenters. The summed E-state index contributed by atoms with van der Waals surface area (Å²) in [5.41, 5.74) is 0.615. The summed E-state index contributed by atoms with van der Waals surface area (Å²) in [6.45, 7) is 2.32. The molecule has 7 nitrogen and oxygen atoms in total. The second-order valence-corrected chi connectivity index (χ2v) is 5.77. The Bertz CT molecular complexity index is 600. The molecule has 1 aliphatic carbocycles. The average Bonchev–Trinajstić information content (AvgIpc) is 3.05. The van der Waals surface area contributed by atoms with Gasteiger partial charge in [-0.1, -0.05) is 0 Å². The number of ether oxygens (including phenoxy) is 1. The first kappa shape index (κ1) is 17.8. The number of rotatable bonds is 7. The van der Waals surface area contributed by atoms with E-state index < -0.39 is 11.9 Å². The predicted molar refractivity (Wildman–Crippen MR) is 87.7 cm³/mol. The van der Waals surface area contributed by atoms with Gasteiger partial charge in [-0.25, -0.2) is 0 Å². The summed E-state index contributed by atoms with van der Waals surface area (Å²) >= 11 is 0. The maximum Gasteiger partial charge on any atom is 0.306 e. The van der Waals surface area contributed by atoms with Crippen LogP contribution in [0.2, 0.25) is 0 Å². The van der Waals surface area contributed by atoms with Gasteiger partial charge in [0.05, 0.1) is 19.1 Å². The number of carboxylic acid groups (broad SMARTS) is 1. The number of hydrogen-bond donors (Lipinski definition) is 3. The molecule has 2 rings (SSSR count). The van der Waals surface area contributed by atoms with Gasteiger partial charge in [0, 0.05) is 11.6 Å². The van der Waals surface area contributed by atoms with Crippen LogP contribution in [0.1, 0.15) is 26.2 Å². The molecule has 1 aliphatic rings. The van der Waals surface area contributed by atoms with Gasteiger partial charge in [0.2, 0.25) is 11.8 Å². The predicted octanol–water partition coefficient (Wildman–Crippen LogP) is 1.64. The minimum Gasteiger partial charge on any atom is -0.494 e. The van der Waals surface area contributed by atoms with Crippen molar-refractivity contribution in [2.24, 2.45) is 11.8 Å². The fourth-order valence-corrected chi connectivity index (χ4v) is 2.76. The lowest BCUT2D eigenvalue weighted by Crippen LogP contribution is -2.36. The van der Waals surface area contributed by atoms with E-state index in [2.05, 4.69) is 10.6 Å². The zero-order chi connectivity index (χ0) is 17.5. The second-order valence-electron chi connectivity index (χ2n) is 5.77. The highest BCUT2D eigenvalue weighted by atomic mass is 16.5. The molecule has 1 fully saturated rings. The zero-order valence-corrected chi connectivity index (χ0v) is 13.6. The van der Waals surface area contributed by atoms with Crippen molar-refractivity contribution in [3.05, 3.63) is 24.3 Å². The molecule has 0 aliphatic heterocycles. The van der Waals surface area contributed by atoms with Crippen LogP contribution in [0.15, 0.2) is 24.3 Å². The summed E-state index contributed by atoms with van der Waals surface area (Å²) in [5.74, 6) is -1.53. The SMILES string of the molecule is CCOc1ccc(NC(=O)CNC(=O)[C@@H]2CC[C@H](C(=O)O)C2)cc1. The Labute approximate surface area is 140 Å². The van der Waals surface area contributed by atoms with Gasteiger partial charge < -0.3 is 20.5 Å². The van der Waals surface area contributed by atoms with Gasteiger partial charge in [-0.05, 0) is 50.5 Å². The molecule has 0 radical (unpaired) electrons. The third-order valence-corrected chi connectivity index (χ3v) is 4.02. The summed E-state index contributed by atoms with van der Waals surface area (Å²) in [7, 11) is 0. The fraction of sp³-hybridized carbons (Fsp3) is 0.471. The summed E-state index contributed by atoms with van der Waals surface area (Å²) in [6, 6.07) is 6.95. The van der Waals surface area contributed by atoms with Crippen LogP contribution in [-0.4, -0.2) is 36.0 Å². The summed E-state index contributed by atoms with van der Waals surface area (Å²) in [5, 5.41) is 14.2. The molecule has 7 heteroatoms. The van der Waals surface area contributed by atoms with Gasteiger partial charge in [-0.15, -0.1) is 0 Å². The number of aliphatic carboxylic acids is 1. The Morgan fingerprint density at radius 2 is 1.83 bits per heavy atom. The molecule has 24 heavy (non-hydrogen) atoms. The minimum atomic E-state index is -0.862. The van der Waals surface area contributed by atoms with Crippen molar-refractivity contribution in [3.63, 3.8) is 0 Å². The molecule has 0 unspecified atom stereocenters. The molecule has 0 spiro atoms. The minimum absolute atomic E-state index is 0.139. The summed E-state index contributed by atoms with van der Waals surface area (Å²) in [6.07, 6.45) is 1.39. The Kier molecular flexibility index (Phi) is 6.17. The molecular formula is C17H22N2O5. The Balaban J connectivity index is 1.74. The Morgan fingerprint density at radius 3 is 2.42 bits per heavy atom. The number of carboxylic acids is 1. The Hall–Kier alpha value is -2.57. The molecule has 0 aromatic heterocycles. The van der Waals surface area contributed by atoms with Gasteiger partial charge >= 0.3 is 5.97 Å². The highest BCUT2D eigenvalue weighted by Gasteiger charge is 2.33. The van der Waals surface area contributed by atoms with Crippen LogP contribution in [0, 0.1) is 11.8 Å². The van der Waals surface area contributed by atoms with E-state index in [1.165, 1.54) is 0 Å². The van der Waals surface area contributed by atoms with Crippen LogP contribution in [0.3, 0.4) is 0 Å². The molecule has 1 saturated carbocycles. The Morgan fingerprint density at radius 1 is 1.17 bits per heavy atom. The van der Waals surface area contributed by atoms with Crippen molar-refractivity contribution in [3.8, 4) is 5.75 Å². The van der Waals surface area contributed by atoms with E-state index in [0.717, 1.165) is 5.75 Å². The molecule has 0 saturated heterocycles. The molecule has 3 N–H and O–H groups in total. The molecule has 2 amide bonds. The molecular weight excluding hydrogens is 312 g/mol. The summed E-state index contributed by atoms with van der Waals surface area (Å²) < 4.78 is 5.32. The third-order valence-electron chi connectivity index (χ3n) is 4.02.